The molecule has 0 aromatic rings. The van der Waals surface area contributed by atoms with Crippen LogP contribution < -0.4 is 5.32 Å². The van der Waals surface area contributed by atoms with Crippen LogP contribution in [0, 0.1) is 0 Å². The van der Waals surface area contributed by atoms with E-state index in [0.717, 1.165) is 17.9 Å². The predicted octanol–water partition coefficient (Wildman–Crippen LogP) is 3.55. The minimum atomic E-state index is 0.570. The number of hydrogen-bond donors (Lipinski definition) is 1. The molecule has 112 valence electrons. The lowest BCUT2D eigenvalue weighted by atomic mass is 10.0. The summed E-state index contributed by atoms with van der Waals surface area (Å²) in [5.74, 6) is 4.02. The van der Waals surface area contributed by atoms with Gasteiger partial charge in [0.15, 0.2) is 0 Å². The Bertz CT molecular complexity index is 228. The van der Waals surface area contributed by atoms with Gasteiger partial charge in [-0.2, -0.15) is 23.5 Å². The highest BCUT2D eigenvalue weighted by Crippen LogP contribution is 2.29. The lowest BCUT2D eigenvalue weighted by Gasteiger charge is -2.30. The third-order valence-corrected chi connectivity index (χ3v) is 6.93. The van der Waals surface area contributed by atoms with Gasteiger partial charge in [0.1, 0.15) is 0 Å². The molecule has 3 atom stereocenters. The van der Waals surface area contributed by atoms with E-state index in [1.54, 1.807) is 0 Å². The Morgan fingerprint density at radius 2 is 2.32 bits per heavy atom. The summed E-state index contributed by atoms with van der Waals surface area (Å²) in [5, 5.41) is 4.62. The molecule has 2 aliphatic rings. The molecule has 0 bridgehead atoms. The summed E-state index contributed by atoms with van der Waals surface area (Å²) in [6.45, 7) is 4.43. The van der Waals surface area contributed by atoms with Gasteiger partial charge in [-0.05, 0) is 45.1 Å². The van der Waals surface area contributed by atoms with Crippen LogP contribution >= 0.6 is 23.5 Å². The Morgan fingerprint density at radius 1 is 1.37 bits per heavy atom. The number of ether oxygens (including phenoxy) is 1. The fourth-order valence-corrected chi connectivity index (χ4v) is 5.85. The lowest BCUT2D eigenvalue weighted by Crippen LogP contribution is -2.41. The highest BCUT2D eigenvalue weighted by Gasteiger charge is 2.24. The molecule has 0 radical (unpaired) electrons. The first-order valence-electron chi connectivity index (χ1n) is 7.94. The molecule has 4 heteroatoms. The molecule has 3 unspecified atom stereocenters. The molecule has 2 aliphatic heterocycles. The first-order chi connectivity index (χ1) is 9.40. The Kier molecular flexibility index (Phi) is 8.03. The normalized spacial score (nSPS) is 29.5. The van der Waals surface area contributed by atoms with E-state index in [4.69, 9.17) is 4.74 Å². The molecule has 0 aromatic carbocycles. The van der Waals surface area contributed by atoms with Crippen molar-refractivity contribution >= 4 is 23.5 Å². The molecule has 2 heterocycles. The minimum Gasteiger partial charge on any atom is -0.378 e. The van der Waals surface area contributed by atoms with Crippen molar-refractivity contribution in [1.29, 1.82) is 0 Å². The number of rotatable bonds is 8. The molecule has 0 aromatic heterocycles. The van der Waals surface area contributed by atoms with Crippen molar-refractivity contribution in [3.8, 4) is 0 Å². The van der Waals surface area contributed by atoms with Crippen molar-refractivity contribution in [3.05, 3.63) is 0 Å². The first-order valence-corrected chi connectivity index (χ1v) is 10.1. The average Bonchev–Trinajstić information content (AvgIpc) is 2.97. The van der Waals surface area contributed by atoms with E-state index in [9.17, 15) is 0 Å². The van der Waals surface area contributed by atoms with E-state index in [-0.39, 0.29) is 0 Å². The van der Waals surface area contributed by atoms with Gasteiger partial charge < -0.3 is 10.1 Å². The maximum Gasteiger partial charge on any atom is 0.0576 e. The second kappa shape index (κ2) is 9.54. The summed E-state index contributed by atoms with van der Waals surface area (Å²) in [4.78, 5) is 0. The fourth-order valence-electron chi connectivity index (χ4n) is 2.92. The van der Waals surface area contributed by atoms with Gasteiger partial charge in [-0.15, -0.1) is 0 Å². The van der Waals surface area contributed by atoms with Crippen LogP contribution in [0.25, 0.3) is 0 Å². The van der Waals surface area contributed by atoms with Gasteiger partial charge in [0, 0.05) is 35.2 Å². The van der Waals surface area contributed by atoms with Gasteiger partial charge in [0.2, 0.25) is 0 Å². The van der Waals surface area contributed by atoms with Gasteiger partial charge in [0.25, 0.3) is 0 Å². The second-order valence-corrected chi connectivity index (χ2v) is 8.11. The van der Waals surface area contributed by atoms with Crippen LogP contribution in [-0.2, 0) is 4.74 Å². The van der Waals surface area contributed by atoms with Crippen LogP contribution in [-0.4, -0.2) is 47.8 Å². The quantitative estimate of drug-likeness (QED) is 0.740. The zero-order valence-corrected chi connectivity index (χ0v) is 13.9. The summed E-state index contributed by atoms with van der Waals surface area (Å²) < 4.78 is 5.73. The molecule has 1 N–H and O–H groups in total. The maximum absolute atomic E-state index is 5.73. The number of hydrogen-bond acceptors (Lipinski definition) is 4. The second-order valence-electron chi connectivity index (χ2n) is 5.61. The van der Waals surface area contributed by atoms with Crippen LogP contribution in [0.4, 0.5) is 0 Å². The third-order valence-electron chi connectivity index (χ3n) is 4.01. The first kappa shape index (κ1) is 16.0. The molecule has 2 saturated heterocycles. The third kappa shape index (κ3) is 5.86. The van der Waals surface area contributed by atoms with E-state index in [0.29, 0.717) is 6.10 Å². The van der Waals surface area contributed by atoms with Crippen molar-refractivity contribution in [1.82, 2.24) is 5.32 Å². The van der Waals surface area contributed by atoms with E-state index >= 15 is 0 Å². The Balaban J connectivity index is 1.69. The Labute approximate surface area is 127 Å². The largest absolute Gasteiger partial charge is 0.378 e. The molecular weight excluding hydrogens is 274 g/mol. The summed E-state index contributed by atoms with van der Waals surface area (Å²) >= 11 is 4.33. The molecule has 0 spiro atoms. The van der Waals surface area contributed by atoms with Crippen LogP contribution in [0.1, 0.15) is 45.4 Å². The molecule has 0 saturated carbocycles. The van der Waals surface area contributed by atoms with Crippen molar-refractivity contribution in [2.24, 2.45) is 0 Å². The maximum atomic E-state index is 5.73. The number of thioether (sulfide) groups is 2. The standard InChI is InChI=1S/C15H29NOS2/c1-2-8-16-14(15-12-18-10-11-19-15)7-3-5-13-6-4-9-17-13/h13-16H,2-12H2,1H3. The van der Waals surface area contributed by atoms with E-state index in [1.165, 1.54) is 62.3 Å². The average molecular weight is 304 g/mol. The fraction of sp³-hybridized carbons (Fsp3) is 1.00. The summed E-state index contributed by atoms with van der Waals surface area (Å²) in [6.07, 6.45) is 8.31. The Hall–Kier alpha value is 0.620. The van der Waals surface area contributed by atoms with Gasteiger partial charge >= 0.3 is 0 Å². The van der Waals surface area contributed by atoms with Crippen LogP contribution in [0.5, 0.6) is 0 Å². The zero-order chi connectivity index (χ0) is 13.3. The van der Waals surface area contributed by atoms with Gasteiger partial charge in [-0.25, -0.2) is 0 Å². The lowest BCUT2D eigenvalue weighted by molar-refractivity contribution is 0.101. The summed E-state index contributed by atoms with van der Waals surface area (Å²) in [5.41, 5.74) is 0. The zero-order valence-electron chi connectivity index (χ0n) is 12.2. The predicted molar refractivity (Wildman–Crippen MR) is 88.5 cm³/mol. The van der Waals surface area contributed by atoms with Crippen molar-refractivity contribution in [3.63, 3.8) is 0 Å². The molecule has 19 heavy (non-hydrogen) atoms. The van der Waals surface area contributed by atoms with Crippen LogP contribution in [0.3, 0.4) is 0 Å². The van der Waals surface area contributed by atoms with Crippen LogP contribution in [0.2, 0.25) is 0 Å². The molecule has 0 amide bonds. The van der Waals surface area contributed by atoms with Gasteiger partial charge in [-0.1, -0.05) is 6.92 Å². The highest BCUT2D eigenvalue weighted by molar-refractivity contribution is 8.06. The molecular formula is C15H29NOS2. The highest BCUT2D eigenvalue weighted by atomic mass is 32.2. The SMILES string of the molecule is CCCNC(CCCC1CCCO1)C1CSCCS1. The van der Waals surface area contributed by atoms with E-state index in [1.807, 2.05) is 0 Å². The van der Waals surface area contributed by atoms with Crippen LogP contribution in [0.15, 0.2) is 0 Å². The smallest absolute Gasteiger partial charge is 0.0576 e. The monoisotopic (exact) mass is 303 g/mol. The van der Waals surface area contributed by atoms with E-state index < -0.39 is 0 Å². The molecule has 2 rings (SSSR count). The topological polar surface area (TPSA) is 21.3 Å². The Morgan fingerprint density at radius 3 is 3.00 bits per heavy atom. The summed E-state index contributed by atoms with van der Waals surface area (Å²) in [6, 6.07) is 0.721. The van der Waals surface area contributed by atoms with Crippen molar-refractivity contribution < 1.29 is 4.74 Å². The molecule has 2 fully saturated rings. The molecule has 2 nitrogen and oxygen atoms in total. The minimum absolute atomic E-state index is 0.570. The van der Waals surface area contributed by atoms with E-state index in [2.05, 4.69) is 35.8 Å². The van der Waals surface area contributed by atoms with Gasteiger partial charge in [-0.3, -0.25) is 0 Å². The summed E-state index contributed by atoms with van der Waals surface area (Å²) in [7, 11) is 0. The molecule has 0 aliphatic carbocycles. The van der Waals surface area contributed by atoms with Crippen molar-refractivity contribution in [2.75, 3.05) is 30.4 Å². The number of nitrogens with one attached hydrogen (secondary N) is 1. The van der Waals surface area contributed by atoms with Gasteiger partial charge in [0.05, 0.1) is 6.10 Å². The van der Waals surface area contributed by atoms with Crippen molar-refractivity contribution in [2.45, 2.75) is 62.8 Å².